The predicted octanol–water partition coefficient (Wildman–Crippen LogP) is 4.55. The maximum atomic E-state index is 15.2. The number of nitrogens with zero attached hydrogens (tertiary/aromatic N) is 3. The van der Waals surface area contributed by atoms with Crippen molar-refractivity contribution in [1.29, 1.82) is 0 Å². The molecule has 154 valence electrons. The minimum absolute atomic E-state index is 0.148. The molecular formula is C24H25FN4O. The third-order valence-electron chi connectivity index (χ3n) is 6.03. The van der Waals surface area contributed by atoms with E-state index in [0.29, 0.717) is 11.3 Å². The van der Waals surface area contributed by atoms with Crippen LogP contribution in [-0.4, -0.2) is 39.9 Å². The van der Waals surface area contributed by atoms with Crippen LogP contribution in [0.15, 0.2) is 60.9 Å². The maximum Gasteiger partial charge on any atom is 0.132 e. The van der Waals surface area contributed by atoms with Gasteiger partial charge in [0.05, 0.1) is 13.2 Å². The smallest absolute Gasteiger partial charge is 0.132 e. The molecule has 30 heavy (non-hydrogen) atoms. The highest BCUT2D eigenvalue weighted by Crippen LogP contribution is 2.39. The van der Waals surface area contributed by atoms with Crippen molar-refractivity contribution in [1.82, 2.24) is 19.7 Å². The lowest BCUT2D eigenvalue weighted by molar-refractivity contribution is 0.200. The second-order valence-corrected chi connectivity index (χ2v) is 7.76. The van der Waals surface area contributed by atoms with E-state index in [0.717, 1.165) is 43.7 Å². The summed E-state index contributed by atoms with van der Waals surface area (Å²) < 4.78 is 22.3. The number of hydrogen-bond acceptors (Lipinski definition) is 3. The van der Waals surface area contributed by atoms with Crippen LogP contribution in [0, 0.1) is 5.82 Å². The standard InChI is InChI=1S/C24H25FN4O/c1-30-17-8-9-20(21(25)16-17)24-23-19(18-6-2-3-7-22(18)27-23)10-15-28(24)12-5-14-29-13-4-11-26-29/h2-4,6-9,11,13,16,24,27H,5,10,12,14-15H2,1H3/t24-/m1/s1. The second kappa shape index (κ2) is 7.95. The minimum atomic E-state index is -0.233. The average Bonchev–Trinajstić information content (AvgIpc) is 3.41. The Labute approximate surface area is 175 Å². The first-order valence-corrected chi connectivity index (χ1v) is 10.4. The molecule has 4 aromatic rings. The molecule has 5 rings (SSSR count). The molecule has 0 amide bonds. The van der Waals surface area contributed by atoms with Gasteiger partial charge in [0, 0.05) is 60.3 Å². The zero-order chi connectivity index (χ0) is 20.5. The van der Waals surface area contributed by atoms with E-state index in [1.807, 2.05) is 35.1 Å². The zero-order valence-corrected chi connectivity index (χ0v) is 17.0. The van der Waals surface area contributed by atoms with Crippen LogP contribution < -0.4 is 4.74 Å². The number of ether oxygens (including phenoxy) is 1. The van der Waals surface area contributed by atoms with E-state index in [2.05, 4.69) is 33.2 Å². The molecule has 1 aliphatic rings. The summed E-state index contributed by atoms with van der Waals surface area (Å²) in [6.07, 6.45) is 5.68. The highest BCUT2D eigenvalue weighted by Gasteiger charge is 2.33. The van der Waals surface area contributed by atoms with Crippen molar-refractivity contribution < 1.29 is 9.13 Å². The average molecular weight is 404 g/mol. The number of fused-ring (bicyclic) bond motifs is 3. The Balaban J connectivity index is 1.52. The van der Waals surface area contributed by atoms with Gasteiger partial charge < -0.3 is 9.72 Å². The Morgan fingerprint density at radius 1 is 1.17 bits per heavy atom. The van der Waals surface area contributed by atoms with E-state index >= 15 is 4.39 Å². The van der Waals surface area contributed by atoms with Crippen LogP contribution in [0.3, 0.4) is 0 Å². The molecule has 0 fully saturated rings. The summed E-state index contributed by atoms with van der Waals surface area (Å²) in [5.74, 6) is 0.303. The Kier molecular flexibility index (Phi) is 5.01. The van der Waals surface area contributed by atoms with Gasteiger partial charge in [0.25, 0.3) is 0 Å². The summed E-state index contributed by atoms with van der Waals surface area (Å²) in [7, 11) is 1.56. The predicted molar refractivity (Wildman–Crippen MR) is 115 cm³/mol. The summed E-state index contributed by atoms with van der Waals surface area (Å²) in [6, 6.07) is 15.3. The van der Waals surface area contributed by atoms with Gasteiger partial charge in [0.15, 0.2) is 0 Å². The first kappa shape index (κ1) is 18.9. The Morgan fingerprint density at radius 3 is 2.87 bits per heavy atom. The molecule has 1 aliphatic heterocycles. The highest BCUT2D eigenvalue weighted by molar-refractivity contribution is 5.85. The van der Waals surface area contributed by atoms with Gasteiger partial charge in [-0.2, -0.15) is 5.10 Å². The molecule has 0 radical (unpaired) electrons. The topological polar surface area (TPSA) is 46.1 Å². The SMILES string of the molecule is COc1ccc([C@@H]2c3[nH]c4ccccc4c3CCN2CCCn2cccn2)c(F)c1. The first-order valence-electron chi connectivity index (χ1n) is 10.4. The summed E-state index contributed by atoms with van der Waals surface area (Å²) in [5.41, 5.74) is 4.20. The quantitative estimate of drug-likeness (QED) is 0.513. The molecule has 2 aromatic heterocycles. The fourth-order valence-corrected chi connectivity index (χ4v) is 4.61. The molecule has 0 saturated carbocycles. The third kappa shape index (κ3) is 3.37. The number of halogens is 1. The monoisotopic (exact) mass is 404 g/mol. The van der Waals surface area contributed by atoms with Gasteiger partial charge in [0.1, 0.15) is 11.6 Å². The molecular weight excluding hydrogens is 379 g/mol. The molecule has 0 unspecified atom stereocenters. The van der Waals surface area contributed by atoms with Gasteiger partial charge in [0.2, 0.25) is 0 Å². The van der Waals surface area contributed by atoms with Crippen LogP contribution in [0.25, 0.3) is 10.9 Å². The highest BCUT2D eigenvalue weighted by atomic mass is 19.1. The van der Waals surface area contributed by atoms with Crippen LogP contribution >= 0.6 is 0 Å². The summed E-state index contributed by atoms with van der Waals surface area (Å²) in [4.78, 5) is 5.98. The summed E-state index contributed by atoms with van der Waals surface area (Å²) in [5, 5.41) is 5.53. The van der Waals surface area contributed by atoms with Gasteiger partial charge in [-0.25, -0.2) is 4.39 Å². The minimum Gasteiger partial charge on any atom is -0.497 e. The van der Waals surface area contributed by atoms with Crippen molar-refractivity contribution in [2.45, 2.75) is 25.4 Å². The molecule has 0 bridgehead atoms. The van der Waals surface area contributed by atoms with Gasteiger partial charge >= 0.3 is 0 Å². The molecule has 0 saturated heterocycles. The molecule has 0 spiro atoms. The van der Waals surface area contributed by atoms with Crippen LogP contribution in [0.5, 0.6) is 5.75 Å². The van der Waals surface area contributed by atoms with Gasteiger partial charge in [-0.15, -0.1) is 0 Å². The van der Waals surface area contributed by atoms with E-state index in [1.54, 1.807) is 13.3 Å². The van der Waals surface area contributed by atoms with E-state index < -0.39 is 0 Å². The number of aromatic nitrogens is 3. The molecule has 3 heterocycles. The van der Waals surface area contributed by atoms with Crippen LogP contribution in [0.1, 0.15) is 29.3 Å². The summed E-state index contributed by atoms with van der Waals surface area (Å²) >= 11 is 0. The Bertz CT molecular complexity index is 1150. The fourth-order valence-electron chi connectivity index (χ4n) is 4.61. The van der Waals surface area contributed by atoms with Crippen molar-refractivity contribution in [2.24, 2.45) is 0 Å². The Hall–Kier alpha value is -3.12. The van der Waals surface area contributed by atoms with Gasteiger partial charge in [-0.05, 0) is 36.6 Å². The number of rotatable bonds is 6. The maximum absolute atomic E-state index is 15.2. The van der Waals surface area contributed by atoms with Crippen LogP contribution in [0.4, 0.5) is 4.39 Å². The number of nitrogens with one attached hydrogen (secondary N) is 1. The number of benzene rings is 2. The lowest BCUT2D eigenvalue weighted by atomic mass is 9.92. The first-order chi connectivity index (χ1) is 14.7. The Morgan fingerprint density at radius 2 is 2.07 bits per heavy atom. The van der Waals surface area contributed by atoms with Crippen molar-refractivity contribution in [2.75, 3.05) is 20.2 Å². The summed E-state index contributed by atoms with van der Waals surface area (Å²) in [6.45, 7) is 2.61. The zero-order valence-electron chi connectivity index (χ0n) is 17.0. The van der Waals surface area contributed by atoms with E-state index in [9.17, 15) is 0 Å². The lowest BCUT2D eigenvalue weighted by Crippen LogP contribution is -2.37. The van der Waals surface area contributed by atoms with E-state index in [4.69, 9.17) is 4.74 Å². The van der Waals surface area contributed by atoms with Crippen molar-refractivity contribution in [3.63, 3.8) is 0 Å². The van der Waals surface area contributed by atoms with Crippen molar-refractivity contribution in [3.05, 3.63) is 83.6 Å². The number of aromatic amines is 1. The number of methoxy groups -OCH3 is 1. The normalized spacial score (nSPS) is 16.7. The van der Waals surface area contributed by atoms with E-state index in [-0.39, 0.29) is 11.9 Å². The van der Waals surface area contributed by atoms with Crippen LogP contribution in [-0.2, 0) is 13.0 Å². The fraction of sp³-hybridized carbons (Fsp3) is 0.292. The third-order valence-corrected chi connectivity index (χ3v) is 6.03. The van der Waals surface area contributed by atoms with Crippen molar-refractivity contribution >= 4 is 10.9 Å². The number of hydrogen-bond donors (Lipinski definition) is 1. The van der Waals surface area contributed by atoms with Crippen molar-refractivity contribution in [3.8, 4) is 5.75 Å². The van der Waals surface area contributed by atoms with E-state index in [1.165, 1.54) is 17.0 Å². The van der Waals surface area contributed by atoms with Crippen LogP contribution in [0.2, 0.25) is 0 Å². The number of H-pyrrole nitrogens is 1. The lowest BCUT2D eigenvalue weighted by Gasteiger charge is -2.36. The number of aryl methyl sites for hydroxylation is 1. The molecule has 2 aromatic carbocycles. The molecule has 1 N–H and O–H groups in total. The second-order valence-electron chi connectivity index (χ2n) is 7.76. The van der Waals surface area contributed by atoms with Gasteiger partial charge in [-0.3, -0.25) is 9.58 Å². The van der Waals surface area contributed by atoms with Gasteiger partial charge in [-0.1, -0.05) is 24.3 Å². The molecule has 6 heteroatoms. The molecule has 5 nitrogen and oxygen atoms in total. The molecule has 0 aliphatic carbocycles. The largest absolute Gasteiger partial charge is 0.497 e. The molecule has 1 atom stereocenters. The number of para-hydroxylation sites is 1.